The van der Waals surface area contributed by atoms with Crippen LogP contribution in [0.25, 0.3) is 0 Å². The molecule has 2 fully saturated rings. The zero-order valence-electron chi connectivity index (χ0n) is 11.7. The molecule has 0 aromatic rings. The maximum Gasteiger partial charge on any atom is 0.0611 e. The Morgan fingerprint density at radius 1 is 1.35 bits per heavy atom. The van der Waals surface area contributed by atoms with E-state index in [9.17, 15) is 0 Å². The van der Waals surface area contributed by atoms with Crippen LogP contribution in [-0.4, -0.2) is 42.8 Å². The predicted molar refractivity (Wildman–Crippen MR) is 71.0 cm³/mol. The van der Waals surface area contributed by atoms with E-state index >= 15 is 0 Å². The van der Waals surface area contributed by atoms with E-state index in [-0.39, 0.29) is 5.54 Å². The summed E-state index contributed by atoms with van der Waals surface area (Å²) < 4.78 is 5.70. The van der Waals surface area contributed by atoms with Crippen LogP contribution in [0.2, 0.25) is 0 Å². The average Bonchev–Trinajstić information content (AvgIpc) is 2.21. The Morgan fingerprint density at radius 2 is 2.06 bits per heavy atom. The predicted octanol–water partition coefficient (Wildman–Crippen LogP) is 2.00. The van der Waals surface area contributed by atoms with Crippen molar-refractivity contribution in [2.45, 2.75) is 58.1 Å². The van der Waals surface area contributed by atoms with Crippen molar-refractivity contribution in [3.8, 4) is 0 Å². The largest absolute Gasteiger partial charge is 0.378 e. The minimum Gasteiger partial charge on any atom is -0.378 e. The number of hydrogen-bond acceptors (Lipinski definition) is 3. The molecule has 2 N–H and O–H groups in total. The molecule has 0 atom stereocenters. The number of nitrogens with zero attached hydrogens (tertiary/aromatic N) is 1. The summed E-state index contributed by atoms with van der Waals surface area (Å²) in [6.45, 7) is 10.9. The Hall–Kier alpha value is -0.120. The van der Waals surface area contributed by atoms with Crippen molar-refractivity contribution < 1.29 is 4.74 Å². The monoisotopic (exact) mass is 240 g/mol. The quantitative estimate of drug-likeness (QED) is 0.817. The van der Waals surface area contributed by atoms with Gasteiger partial charge in [0.2, 0.25) is 0 Å². The van der Waals surface area contributed by atoms with Gasteiger partial charge in [-0.1, -0.05) is 13.8 Å². The van der Waals surface area contributed by atoms with Crippen LogP contribution < -0.4 is 5.73 Å². The highest BCUT2D eigenvalue weighted by molar-refractivity contribution is 5.06. The van der Waals surface area contributed by atoms with Crippen molar-refractivity contribution in [3.05, 3.63) is 0 Å². The van der Waals surface area contributed by atoms with Crippen LogP contribution in [0.15, 0.2) is 0 Å². The maximum atomic E-state index is 6.05. The van der Waals surface area contributed by atoms with Gasteiger partial charge in [-0.3, -0.25) is 4.90 Å². The number of hydrogen-bond donors (Lipinski definition) is 1. The minimum atomic E-state index is 0.248. The number of piperidine rings is 1. The van der Waals surface area contributed by atoms with E-state index in [1.165, 1.54) is 25.9 Å². The lowest BCUT2D eigenvalue weighted by Crippen LogP contribution is -2.66. The highest BCUT2D eigenvalue weighted by atomic mass is 16.5. The molecule has 0 spiro atoms. The summed E-state index contributed by atoms with van der Waals surface area (Å²) in [6, 6.07) is 0. The van der Waals surface area contributed by atoms with Crippen molar-refractivity contribution in [1.82, 2.24) is 4.90 Å². The molecular formula is C14H28N2O. The number of ether oxygens (including phenoxy) is 1. The van der Waals surface area contributed by atoms with Crippen LogP contribution in [-0.2, 0) is 4.74 Å². The Kier molecular flexibility index (Phi) is 3.81. The molecule has 0 aromatic carbocycles. The van der Waals surface area contributed by atoms with Crippen molar-refractivity contribution in [2.75, 3.05) is 26.2 Å². The third-order valence-corrected chi connectivity index (χ3v) is 4.57. The third-order valence-electron chi connectivity index (χ3n) is 4.57. The molecule has 0 unspecified atom stereocenters. The van der Waals surface area contributed by atoms with Crippen LogP contribution in [0.3, 0.4) is 0 Å². The lowest BCUT2D eigenvalue weighted by molar-refractivity contribution is -0.117. The molecule has 2 aliphatic rings. The maximum absolute atomic E-state index is 6.05. The molecule has 0 bridgehead atoms. The first kappa shape index (κ1) is 13.3. The summed E-state index contributed by atoms with van der Waals surface area (Å²) in [5, 5.41) is 0. The standard InChI is InChI=1S/C14H28N2O/c1-4-17-12-8-14(9-12,10-15)16-7-5-6-13(2,3)11-16/h12H,4-11,15H2,1-3H3. The SMILES string of the molecule is CCOC1CC(CN)(N2CCCC(C)(C)C2)C1. The molecule has 1 aliphatic heterocycles. The fourth-order valence-corrected chi connectivity index (χ4v) is 3.52. The van der Waals surface area contributed by atoms with Gasteiger partial charge in [0.15, 0.2) is 0 Å². The van der Waals surface area contributed by atoms with Crippen LogP contribution in [0.1, 0.15) is 46.5 Å². The Labute approximate surface area is 106 Å². The van der Waals surface area contributed by atoms with Crippen molar-refractivity contribution in [3.63, 3.8) is 0 Å². The first-order valence-electron chi connectivity index (χ1n) is 7.08. The van der Waals surface area contributed by atoms with Gasteiger partial charge in [0.1, 0.15) is 0 Å². The first-order chi connectivity index (χ1) is 8.01. The molecule has 17 heavy (non-hydrogen) atoms. The summed E-state index contributed by atoms with van der Waals surface area (Å²) in [6.07, 6.45) is 5.38. The topological polar surface area (TPSA) is 38.5 Å². The minimum absolute atomic E-state index is 0.248. The lowest BCUT2D eigenvalue weighted by atomic mass is 9.70. The van der Waals surface area contributed by atoms with Crippen LogP contribution in [0.4, 0.5) is 0 Å². The molecule has 0 aromatic heterocycles. The first-order valence-corrected chi connectivity index (χ1v) is 7.08. The van der Waals surface area contributed by atoms with Crippen molar-refractivity contribution in [1.29, 1.82) is 0 Å². The van der Waals surface area contributed by atoms with E-state index < -0.39 is 0 Å². The summed E-state index contributed by atoms with van der Waals surface area (Å²) in [5.74, 6) is 0. The highest BCUT2D eigenvalue weighted by Gasteiger charge is 2.49. The summed E-state index contributed by atoms with van der Waals surface area (Å²) in [7, 11) is 0. The normalized spacial score (nSPS) is 37.8. The Bertz CT molecular complexity index is 259. The fourth-order valence-electron chi connectivity index (χ4n) is 3.52. The molecule has 1 saturated heterocycles. The molecule has 0 amide bonds. The van der Waals surface area contributed by atoms with Gasteiger partial charge in [-0.25, -0.2) is 0 Å². The van der Waals surface area contributed by atoms with E-state index in [0.717, 1.165) is 26.0 Å². The third kappa shape index (κ3) is 2.67. The zero-order chi connectivity index (χ0) is 12.5. The van der Waals surface area contributed by atoms with Crippen LogP contribution in [0, 0.1) is 5.41 Å². The average molecular weight is 240 g/mol. The molecule has 1 saturated carbocycles. The second-order valence-corrected chi connectivity index (χ2v) is 6.60. The van der Waals surface area contributed by atoms with Crippen molar-refractivity contribution in [2.24, 2.45) is 11.1 Å². The van der Waals surface area contributed by atoms with Crippen LogP contribution in [0.5, 0.6) is 0 Å². The number of rotatable bonds is 4. The lowest BCUT2D eigenvalue weighted by Gasteiger charge is -2.57. The van der Waals surface area contributed by atoms with Gasteiger partial charge < -0.3 is 10.5 Å². The van der Waals surface area contributed by atoms with E-state index in [2.05, 4.69) is 25.7 Å². The molecular weight excluding hydrogens is 212 g/mol. The highest BCUT2D eigenvalue weighted by Crippen LogP contribution is 2.43. The van der Waals surface area contributed by atoms with Gasteiger partial charge in [-0.2, -0.15) is 0 Å². The molecule has 1 heterocycles. The second kappa shape index (κ2) is 4.87. The fraction of sp³-hybridized carbons (Fsp3) is 1.00. The van der Waals surface area contributed by atoms with Gasteiger partial charge in [0, 0.05) is 25.2 Å². The number of nitrogens with two attached hydrogens (primary N) is 1. The van der Waals surface area contributed by atoms with Crippen molar-refractivity contribution >= 4 is 0 Å². The van der Waals surface area contributed by atoms with Gasteiger partial charge in [-0.05, 0) is 44.6 Å². The summed E-state index contributed by atoms with van der Waals surface area (Å²) in [4.78, 5) is 2.64. The summed E-state index contributed by atoms with van der Waals surface area (Å²) >= 11 is 0. The van der Waals surface area contributed by atoms with E-state index in [0.29, 0.717) is 11.5 Å². The number of likely N-dealkylation sites (tertiary alicyclic amines) is 1. The van der Waals surface area contributed by atoms with Gasteiger partial charge >= 0.3 is 0 Å². The Morgan fingerprint density at radius 3 is 2.59 bits per heavy atom. The van der Waals surface area contributed by atoms with Crippen LogP contribution >= 0.6 is 0 Å². The van der Waals surface area contributed by atoms with Gasteiger partial charge in [0.25, 0.3) is 0 Å². The van der Waals surface area contributed by atoms with Gasteiger partial charge in [0.05, 0.1) is 6.10 Å². The van der Waals surface area contributed by atoms with E-state index in [4.69, 9.17) is 10.5 Å². The summed E-state index contributed by atoms with van der Waals surface area (Å²) in [5.41, 5.74) is 6.75. The molecule has 2 rings (SSSR count). The molecule has 3 heteroatoms. The molecule has 1 aliphatic carbocycles. The smallest absolute Gasteiger partial charge is 0.0611 e. The molecule has 3 nitrogen and oxygen atoms in total. The van der Waals surface area contributed by atoms with E-state index in [1.54, 1.807) is 0 Å². The second-order valence-electron chi connectivity index (χ2n) is 6.60. The molecule has 100 valence electrons. The molecule has 0 radical (unpaired) electrons. The zero-order valence-corrected chi connectivity index (χ0v) is 11.7. The van der Waals surface area contributed by atoms with E-state index in [1.807, 2.05) is 0 Å². The Balaban J connectivity index is 1.95. The van der Waals surface area contributed by atoms with Gasteiger partial charge in [-0.15, -0.1) is 0 Å².